The SMILES string of the molecule is CCC(CC)CNS(=O)(=O)c1ccc(C=O)o1. The second-order valence-electron chi connectivity index (χ2n) is 3.81. The molecular weight excluding hydrogens is 242 g/mol. The lowest BCUT2D eigenvalue weighted by molar-refractivity contribution is 0.109. The molecular formula is C11H17NO4S. The number of rotatable bonds is 7. The molecule has 1 rings (SSSR count). The van der Waals surface area contributed by atoms with E-state index in [1.54, 1.807) is 0 Å². The summed E-state index contributed by atoms with van der Waals surface area (Å²) in [7, 11) is -3.64. The zero-order valence-electron chi connectivity index (χ0n) is 9.97. The Balaban J connectivity index is 2.71. The summed E-state index contributed by atoms with van der Waals surface area (Å²) in [4.78, 5) is 10.4. The van der Waals surface area contributed by atoms with Crippen LogP contribution in [0.3, 0.4) is 0 Å². The molecule has 0 aliphatic heterocycles. The van der Waals surface area contributed by atoms with Crippen LogP contribution in [0.4, 0.5) is 0 Å². The lowest BCUT2D eigenvalue weighted by atomic mass is 10.0. The Labute approximate surface area is 101 Å². The van der Waals surface area contributed by atoms with E-state index in [1.807, 2.05) is 13.8 Å². The third-order valence-corrected chi connectivity index (χ3v) is 4.00. The van der Waals surface area contributed by atoms with Crippen LogP contribution in [-0.2, 0) is 10.0 Å². The van der Waals surface area contributed by atoms with Crippen LogP contribution in [0.2, 0.25) is 0 Å². The van der Waals surface area contributed by atoms with Gasteiger partial charge in [0.1, 0.15) is 0 Å². The second kappa shape index (κ2) is 5.97. The number of hydrogen-bond donors (Lipinski definition) is 1. The zero-order valence-corrected chi connectivity index (χ0v) is 10.8. The van der Waals surface area contributed by atoms with E-state index in [1.165, 1.54) is 12.1 Å². The third kappa shape index (κ3) is 3.67. The van der Waals surface area contributed by atoms with Crippen molar-refractivity contribution in [3.05, 3.63) is 17.9 Å². The van der Waals surface area contributed by atoms with Gasteiger partial charge < -0.3 is 4.42 Å². The molecule has 0 unspecified atom stereocenters. The minimum absolute atomic E-state index is 0.00732. The van der Waals surface area contributed by atoms with E-state index >= 15 is 0 Å². The van der Waals surface area contributed by atoms with Gasteiger partial charge in [0.15, 0.2) is 12.0 Å². The van der Waals surface area contributed by atoms with Crippen molar-refractivity contribution in [3.8, 4) is 0 Å². The number of carbonyl (C=O) groups excluding carboxylic acids is 1. The maximum Gasteiger partial charge on any atom is 0.273 e. The topological polar surface area (TPSA) is 76.4 Å². The first-order chi connectivity index (χ1) is 8.03. The van der Waals surface area contributed by atoms with Crippen LogP contribution in [0.15, 0.2) is 21.6 Å². The zero-order chi connectivity index (χ0) is 12.9. The van der Waals surface area contributed by atoms with Gasteiger partial charge in [0.25, 0.3) is 10.0 Å². The number of carbonyl (C=O) groups is 1. The average molecular weight is 259 g/mol. The summed E-state index contributed by atoms with van der Waals surface area (Å²) in [6.07, 6.45) is 2.30. The lowest BCUT2D eigenvalue weighted by Crippen LogP contribution is -2.28. The molecule has 0 aliphatic rings. The maximum absolute atomic E-state index is 11.8. The molecule has 17 heavy (non-hydrogen) atoms. The fourth-order valence-electron chi connectivity index (χ4n) is 1.42. The molecule has 0 bridgehead atoms. The standard InChI is InChI=1S/C11H17NO4S/c1-3-9(4-2)7-12-17(14,15)11-6-5-10(8-13)16-11/h5-6,8-9,12H,3-4,7H2,1-2H3. The highest BCUT2D eigenvalue weighted by Crippen LogP contribution is 2.13. The van der Waals surface area contributed by atoms with E-state index in [-0.39, 0.29) is 10.9 Å². The first kappa shape index (κ1) is 13.9. The summed E-state index contributed by atoms with van der Waals surface area (Å²) in [5.41, 5.74) is 0. The summed E-state index contributed by atoms with van der Waals surface area (Å²) in [5.74, 6) is 0.318. The summed E-state index contributed by atoms with van der Waals surface area (Å²) in [6, 6.07) is 2.61. The van der Waals surface area contributed by atoms with E-state index in [4.69, 9.17) is 4.42 Å². The van der Waals surface area contributed by atoms with Crippen molar-refractivity contribution >= 4 is 16.3 Å². The summed E-state index contributed by atoms with van der Waals surface area (Å²) >= 11 is 0. The smallest absolute Gasteiger partial charge is 0.273 e. The monoisotopic (exact) mass is 259 g/mol. The Morgan fingerprint density at radius 2 is 2.00 bits per heavy atom. The highest BCUT2D eigenvalue weighted by molar-refractivity contribution is 7.89. The molecule has 0 saturated heterocycles. The van der Waals surface area contributed by atoms with Crippen molar-refractivity contribution in [1.29, 1.82) is 0 Å². The van der Waals surface area contributed by atoms with Crippen molar-refractivity contribution in [2.45, 2.75) is 31.8 Å². The Morgan fingerprint density at radius 1 is 1.35 bits per heavy atom. The van der Waals surface area contributed by atoms with Gasteiger partial charge in [-0.1, -0.05) is 26.7 Å². The molecule has 1 N–H and O–H groups in total. The lowest BCUT2D eigenvalue weighted by Gasteiger charge is -2.12. The van der Waals surface area contributed by atoms with Gasteiger partial charge in [-0.25, -0.2) is 13.1 Å². The largest absolute Gasteiger partial charge is 0.440 e. The van der Waals surface area contributed by atoms with Crippen LogP contribution in [0, 0.1) is 5.92 Å². The molecule has 0 atom stereocenters. The Morgan fingerprint density at radius 3 is 2.47 bits per heavy atom. The number of hydrogen-bond acceptors (Lipinski definition) is 4. The van der Waals surface area contributed by atoms with E-state index in [0.717, 1.165) is 12.8 Å². The molecule has 0 aromatic carbocycles. The molecule has 5 nitrogen and oxygen atoms in total. The molecule has 0 aliphatic carbocycles. The van der Waals surface area contributed by atoms with Crippen LogP contribution < -0.4 is 4.72 Å². The fourth-order valence-corrected chi connectivity index (χ4v) is 2.47. The molecule has 96 valence electrons. The second-order valence-corrected chi connectivity index (χ2v) is 5.51. The average Bonchev–Trinajstić information content (AvgIpc) is 2.79. The normalized spacial score (nSPS) is 11.9. The van der Waals surface area contributed by atoms with Crippen LogP contribution >= 0.6 is 0 Å². The van der Waals surface area contributed by atoms with E-state index in [9.17, 15) is 13.2 Å². The molecule has 0 amide bonds. The molecule has 1 aromatic rings. The molecule has 0 spiro atoms. The van der Waals surface area contributed by atoms with Crippen molar-refractivity contribution in [1.82, 2.24) is 4.72 Å². The minimum Gasteiger partial charge on any atom is -0.440 e. The summed E-state index contributed by atoms with van der Waals surface area (Å²) < 4.78 is 30.9. The van der Waals surface area contributed by atoms with Crippen molar-refractivity contribution in [2.24, 2.45) is 5.92 Å². The predicted octanol–water partition coefficient (Wildman–Crippen LogP) is 1.81. The van der Waals surface area contributed by atoms with Gasteiger partial charge in [0.05, 0.1) is 0 Å². The third-order valence-electron chi connectivity index (χ3n) is 2.70. The minimum atomic E-state index is -3.64. The first-order valence-corrected chi connectivity index (χ1v) is 7.06. The fraction of sp³-hybridized carbons (Fsp3) is 0.545. The van der Waals surface area contributed by atoms with Gasteiger partial charge >= 0.3 is 0 Å². The van der Waals surface area contributed by atoms with Gasteiger partial charge in [0.2, 0.25) is 5.09 Å². The van der Waals surface area contributed by atoms with Crippen molar-refractivity contribution in [2.75, 3.05) is 6.54 Å². The highest BCUT2D eigenvalue weighted by Gasteiger charge is 2.19. The van der Waals surface area contributed by atoms with Crippen LogP contribution in [0.1, 0.15) is 37.2 Å². The van der Waals surface area contributed by atoms with E-state index < -0.39 is 10.0 Å². The van der Waals surface area contributed by atoms with E-state index in [0.29, 0.717) is 18.7 Å². The Hall–Kier alpha value is -1.14. The number of sulfonamides is 1. The quantitative estimate of drug-likeness (QED) is 0.758. The van der Waals surface area contributed by atoms with Gasteiger partial charge in [0, 0.05) is 6.54 Å². The molecule has 1 aromatic heterocycles. The number of aldehydes is 1. The first-order valence-electron chi connectivity index (χ1n) is 5.58. The van der Waals surface area contributed by atoms with Crippen molar-refractivity contribution < 1.29 is 17.6 Å². The van der Waals surface area contributed by atoms with Gasteiger partial charge in [-0.3, -0.25) is 4.79 Å². The van der Waals surface area contributed by atoms with Crippen molar-refractivity contribution in [3.63, 3.8) is 0 Å². The maximum atomic E-state index is 11.8. The summed E-state index contributed by atoms with van der Waals surface area (Å²) in [5, 5.41) is -0.217. The predicted molar refractivity (Wildman–Crippen MR) is 63.4 cm³/mol. The molecule has 0 saturated carbocycles. The van der Waals surface area contributed by atoms with Crippen LogP contribution in [0.5, 0.6) is 0 Å². The van der Waals surface area contributed by atoms with Crippen LogP contribution in [-0.4, -0.2) is 21.2 Å². The Kier molecular flexibility index (Phi) is 4.89. The molecule has 0 fully saturated rings. The molecule has 6 heteroatoms. The highest BCUT2D eigenvalue weighted by atomic mass is 32.2. The molecule has 0 radical (unpaired) electrons. The van der Waals surface area contributed by atoms with Gasteiger partial charge in [-0.15, -0.1) is 0 Å². The number of nitrogens with one attached hydrogen (secondary N) is 1. The Bertz CT molecular complexity index is 460. The van der Waals surface area contributed by atoms with E-state index in [2.05, 4.69) is 4.72 Å². The van der Waals surface area contributed by atoms with Crippen LogP contribution in [0.25, 0.3) is 0 Å². The van der Waals surface area contributed by atoms with Gasteiger partial charge in [-0.2, -0.15) is 0 Å². The molecule has 1 heterocycles. The van der Waals surface area contributed by atoms with Gasteiger partial charge in [-0.05, 0) is 18.1 Å². The summed E-state index contributed by atoms with van der Waals surface area (Å²) in [6.45, 7) is 4.41. The number of furan rings is 1.